The molecule has 7 nitrogen and oxygen atoms in total. The van der Waals surface area contributed by atoms with Crippen molar-refractivity contribution in [1.29, 1.82) is 0 Å². The summed E-state index contributed by atoms with van der Waals surface area (Å²) < 4.78 is 0. The first-order chi connectivity index (χ1) is 17.0. The Bertz CT molecular complexity index is 1230. The number of nitrogens with one attached hydrogen (secondary N) is 2. The first kappa shape index (κ1) is 26.0. The van der Waals surface area contributed by atoms with Crippen LogP contribution in [0.15, 0.2) is 53.7 Å². The summed E-state index contributed by atoms with van der Waals surface area (Å²) in [5.41, 5.74) is 3.98. The molecule has 2 heterocycles. The molecule has 2 aromatic rings. The molecule has 2 aromatic carbocycles. The minimum atomic E-state index is -0.565. The number of rotatable bonds is 6. The second kappa shape index (κ2) is 10.1. The van der Waals surface area contributed by atoms with Crippen molar-refractivity contribution in [3.05, 3.63) is 80.5 Å². The number of nitrogens with zero attached hydrogens (tertiary/aromatic N) is 2. The van der Waals surface area contributed by atoms with E-state index < -0.39 is 6.04 Å². The minimum Gasteiger partial charge on any atom is -0.354 e. The SMILES string of the molecule is CN1C(=O)N[C@H](c2ccc(C(C)(C)C)cc2)C2=C1CN(CC(=O)NCCc1ccc(Cl)cc1Cl)C2=O. The predicted octanol–water partition coefficient (Wildman–Crippen LogP) is 4.44. The maximum Gasteiger partial charge on any atom is 0.322 e. The third-order valence-corrected chi connectivity index (χ3v) is 7.20. The number of hydrogen-bond donors (Lipinski definition) is 2. The van der Waals surface area contributed by atoms with Gasteiger partial charge < -0.3 is 15.5 Å². The van der Waals surface area contributed by atoms with E-state index in [0.29, 0.717) is 34.3 Å². The lowest BCUT2D eigenvalue weighted by molar-refractivity contribution is -0.131. The molecule has 0 saturated heterocycles. The second-order valence-electron chi connectivity index (χ2n) is 10.2. The molecule has 0 bridgehead atoms. The highest BCUT2D eigenvalue weighted by Crippen LogP contribution is 2.36. The van der Waals surface area contributed by atoms with Crippen molar-refractivity contribution in [3.8, 4) is 0 Å². The standard InChI is InChI=1S/C27H30Cl2N4O3/c1-27(2,3)18-8-5-17(6-9-18)24-23-21(32(4)26(36)31-24)14-33(25(23)35)15-22(34)30-12-11-16-7-10-19(28)13-20(16)29/h5-10,13,24H,11-12,14-15H2,1-4H3,(H,30,34)(H,31,36)/t24-/m1/s1. The highest BCUT2D eigenvalue weighted by atomic mass is 35.5. The van der Waals surface area contributed by atoms with Gasteiger partial charge in [-0.25, -0.2) is 4.79 Å². The lowest BCUT2D eigenvalue weighted by atomic mass is 9.85. The molecular weight excluding hydrogens is 499 g/mol. The van der Waals surface area contributed by atoms with Gasteiger partial charge in [-0.05, 0) is 40.7 Å². The summed E-state index contributed by atoms with van der Waals surface area (Å²) in [5.74, 6) is -0.529. The van der Waals surface area contributed by atoms with Crippen molar-refractivity contribution >= 4 is 41.0 Å². The highest BCUT2D eigenvalue weighted by Gasteiger charge is 2.43. The summed E-state index contributed by atoms with van der Waals surface area (Å²) in [4.78, 5) is 41.6. The van der Waals surface area contributed by atoms with Crippen LogP contribution in [0.1, 0.15) is 43.5 Å². The van der Waals surface area contributed by atoms with E-state index in [4.69, 9.17) is 23.2 Å². The van der Waals surface area contributed by atoms with Crippen molar-refractivity contribution in [2.24, 2.45) is 0 Å². The molecule has 0 aliphatic carbocycles. The molecular formula is C27H30Cl2N4O3. The molecule has 2 N–H and O–H groups in total. The normalized spacial score (nSPS) is 17.9. The summed E-state index contributed by atoms with van der Waals surface area (Å²) in [6.07, 6.45) is 0.540. The maximum atomic E-state index is 13.4. The number of halogens is 2. The molecule has 9 heteroatoms. The molecule has 0 aromatic heterocycles. The van der Waals surface area contributed by atoms with E-state index in [1.807, 2.05) is 30.3 Å². The predicted molar refractivity (Wildman–Crippen MR) is 141 cm³/mol. The van der Waals surface area contributed by atoms with Crippen LogP contribution in [0.3, 0.4) is 0 Å². The Hall–Kier alpha value is -3.03. The summed E-state index contributed by atoms with van der Waals surface area (Å²) >= 11 is 12.1. The number of carbonyl (C=O) groups excluding carboxylic acids is 3. The summed E-state index contributed by atoms with van der Waals surface area (Å²) in [6, 6.07) is 12.4. The van der Waals surface area contributed by atoms with E-state index in [-0.39, 0.29) is 36.3 Å². The zero-order valence-electron chi connectivity index (χ0n) is 20.8. The molecule has 0 radical (unpaired) electrons. The lowest BCUT2D eigenvalue weighted by Crippen LogP contribution is -2.45. The molecule has 36 heavy (non-hydrogen) atoms. The van der Waals surface area contributed by atoms with Gasteiger partial charge in [0, 0.05) is 23.6 Å². The van der Waals surface area contributed by atoms with Crippen LogP contribution in [0, 0.1) is 0 Å². The largest absolute Gasteiger partial charge is 0.354 e. The Labute approximate surface area is 221 Å². The molecule has 0 spiro atoms. The van der Waals surface area contributed by atoms with Crippen LogP contribution >= 0.6 is 23.2 Å². The van der Waals surface area contributed by atoms with Crippen LogP contribution in [0.2, 0.25) is 10.0 Å². The molecule has 0 saturated carbocycles. The summed E-state index contributed by atoms with van der Waals surface area (Å²) in [7, 11) is 1.64. The lowest BCUT2D eigenvalue weighted by Gasteiger charge is -2.31. The van der Waals surface area contributed by atoms with E-state index in [2.05, 4.69) is 31.4 Å². The fraction of sp³-hybridized carbons (Fsp3) is 0.370. The number of hydrogen-bond acceptors (Lipinski definition) is 3. The van der Waals surface area contributed by atoms with Gasteiger partial charge in [0.05, 0.1) is 23.9 Å². The van der Waals surface area contributed by atoms with Crippen molar-refractivity contribution in [2.75, 3.05) is 26.7 Å². The molecule has 190 valence electrons. The van der Waals surface area contributed by atoms with Crippen LogP contribution in [0.4, 0.5) is 4.79 Å². The molecule has 4 amide bonds. The number of benzene rings is 2. The second-order valence-corrected chi connectivity index (χ2v) is 11.0. The molecule has 1 atom stereocenters. The Morgan fingerprint density at radius 1 is 1.11 bits per heavy atom. The monoisotopic (exact) mass is 528 g/mol. The van der Waals surface area contributed by atoms with Gasteiger partial charge in [-0.15, -0.1) is 0 Å². The number of carbonyl (C=O) groups is 3. The molecule has 2 aliphatic heterocycles. The zero-order chi connectivity index (χ0) is 26.2. The molecule has 2 aliphatic rings. The number of likely N-dealkylation sites (N-methyl/N-ethyl adjacent to an activating group) is 1. The van der Waals surface area contributed by atoms with E-state index in [1.165, 1.54) is 9.80 Å². The van der Waals surface area contributed by atoms with Crippen molar-refractivity contribution in [3.63, 3.8) is 0 Å². The Morgan fingerprint density at radius 2 is 1.81 bits per heavy atom. The molecule has 0 unspecified atom stereocenters. The van der Waals surface area contributed by atoms with Crippen molar-refractivity contribution < 1.29 is 14.4 Å². The van der Waals surface area contributed by atoms with Crippen LogP contribution in [-0.2, 0) is 21.4 Å². The van der Waals surface area contributed by atoms with Gasteiger partial charge >= 0.3 is 6.03 Å². The smallest absolute Gasteiger partial charge is 0.322 e. The van der Waals surface area contributed by atoms with E-state index in [1.54, 1.807) is 19.2 Å². The van der Waals surface area contributed by atoms with Gasteiger partial charge in [0.15, 0.2) is 0 Å². The van der Waals surface area contributed by atoms with E-state index in [9.17, 15) is 14.4 Å². The third kappa shape index (κ3) is 5.37. The van der Waals surface area contributed by atoms with E-state index >= 15 is 0 Å². The van der Waals surface area contributed by atoms with E-state index in [0.717, 1.165) is 16.7 Å². The summed E-state index contributed by atoms with van der Waals surface area (Å²) in [6.45, 7) is 6.87. The van der Waals surface area contributed by atoms with Gasteiger partial charge in [-0.2, -0.15) is 0 Å². The maximum absolute atomic E-state index is 13.4. The quantitative estimate of drug-likeness (QED) is 0.581. The topological polar surface area (TPSA) is 81.8 Å². The fourth-order valence-electron chi connectivity index (χ4n) is 4.47. The zero-order valence-corrected chi connectivity index (χ0v) is 22.3. The summed E-state index contributed by atoms with van der Waals surface area (Å²) in [5, 5.41) is 6.88. The van der Waals surface area contributed by atoms with Crippen LogP contribution in [0.5, 0.6) is 0 Å². The number of amides is 4. The van der Waals surface area contributed by atoms with Gasteiger partial charge in [0.1, 0.15) is 6.54 Å². The first-order valence-corrected chi connectivity index (χ1v) is 12.6. The Balaban J connectivity index is 1.43. The number of urea groups is 1. The van der Waals surface area contributed by atoms with Crippen molar-refractivity contribution in [1.82, 2.24) is 20.4 Å². The Morgan fingerprint density at radius 3 is 2.44 bits per heavy atom. The van der Waals surface area contributed by atoms with Gasteiger partial charge in [-0.1, -0.05) is 74.3 Å². The average Bonchev–Trinajstić information content (AvgIpc) is 3.13. The molecule has 0 fully saturated rings. The van der Waals surface area contributed by atoms with Crippen LogP contribution in [0.25, 0.3) is 0 Å². The van der Waals surface area contributed by atoms with Crippen LogP contribution < -0.4 is 10.6 Å². The van der Waals surface area contributed by atoms with Gasteiger partial charge in [0.25, 0.3) is 5.91 Å². The fourth-order valence-corrected chi connectivity index (χ4v) is 4.97. The van der Waals surface area contributed by atoms with Crippen LogP contribution in [-0.4, -0.2) is 54.3 Å². The van der Waals surface area contributed by atoms with Gasteiger partial charge in [-0.3, -0.25) is 14.5 Å². The van der Waals surface area contributed by atoms with Crippen molar-refractivity contribution in [2.45, 2.75) is 38.6 Å². The van der Waals surface area contributed by atoms with Gasteiger partial charge in [0.2, 0.25) is 5.91 Å². The average molecular weight is 529 g/mol. The minimum absolute atomic E-state index is 0.00871. The molecule has 4 rings (SSSR count). The highest BCUT2D eigenvalue weighted by molar-refractivity contribution is 6.35. The Kier molecular flexibility index (Phi) is 7.34. The first-order valence-electron chi connectivity index (χ1n) is 11.8. The third-order valence-electron chi connectivity index (χ3n) is 6.61.